The highest BCUT2D eigenvalue weighted by Crippen LogP contribution is 2.26. The average molecular weight is 397 g/mol. The van der Waals surface area contributed by atoms with Crippen molar-refractivity contribution in [3.05, 3.63) is 76.6 Å². The van der Waals surface area contributed by atoms with Gasteiger partial charge in [-0.1, -0.05) is 48.0 Å². The van der Waals surface area contributed by atoms with Gasteiger partial charge < -0.3 is 14.1 Å². The van der Waals surface area contributed by atoms with E-state index in [9.17, 15) is 4.79 Å². The summed E-state index contributed by atoms with van der Waals surface area (Å²) in [6.45, 7) is 3.48. The Hall–Kier alpha value is -2.63. The second-order valence-corrected chi connectivity index (χ2v) is 7.26. The van der Waals surface area contributed by atoms with Gasteiger partial charge in [0.15, 0.2) is 0 Å². The van der Waals surface area contributed by atoms with Gasteiger partial charge in [-0.25, -0.2) is 4.98 Å². The van der Waals surface area contributed by atoms with Crippen LogP contribution in [0.15, 0.2) is 59.0 Å². The Morgan fingerprint density at radius 1 is 1.21 bits per heavy atom. The summed E-state index contributed by atoms with van der Waals surface area (Å²) in [7, 11) is 0. The van der Waals surface area contributed by atoms with Gasteiger partial charge in [-0.3, -0.25) is 4.79 Å². The molecule has 2 heterocycles. The molecule has 1 amide bonds. The van der Waals surface area contributed by atoms with Gasteiger partial charge in [0.1, 0.15) is 11.9 Å². The summed E-state index contributed by atoms with van der Waals surface area (Å²) < 4.78 is 11.6. The number of halogens is 1. The topological polar surface area (TPSA) is 55.6 Å². The standard InChI is InChI=1S/C22H21ClN2O3/c1-15-19(24-22(28-15)17-8-5-9-18(23)12-17)13-21(26)25-10-11-27-20(14-25)16-6-3-2-4-7-16/h2-9,12,20H,10-11,13-14H2,1H3. The quantitative estimate of drug-likeness (QED) is 0.654. The van der Waals surface area contributed by atoms with Crippen molar-refractivity contribution >= 4 is 17.5 Å². The van der Waals surface area contributed by atoms with E-state index < -0.39 is 0 Å². The Kier molecular flexibility index (Phi) is 5.46. The Morgan fingerprint density at radius 3 is 2.82 bits per heavy atom. The zero-order chi connectivity index (χ0) is 19.5. The van der Waals surface area contributed by atoms with Gasteiger partial charge in [0.2, 0.25) is 11.8 Å². The maximum Gasteiger partial charge on any atom is 0.228 e. The first-order chi connectivity index (χ1) is 13.6. The monoisotopic (exact) mass is 396 g/mol. The van der Waals surface area contributed by atoms with Gasteiger partial charge in [-0.15, -0.1) is 0 Å². The number of hydrogen-bond acceptors (Lipinski definition) is 4. The summed E-state index contributed by atoms with van der Waals surface area (Å²) in [6.07, 6.45) is 0.108. The summed E-state index contributed by atoms with van der Waals surface area (Å²) in [5, 5.41) is 0.617. The van der Waals surface area contributed by atoms with Crippen LogP contribution in [0.1, 0.15) is 23.1 Å². The van der Waals surface area contributed by atoms with Crippen molar-refractivity contribution in [2.24, 2.45) is 0 Å². The van der Waals surface area contributed by atoms with Crippen LogP contribution in [0.4, 0.5) is 0 Å². The van der Waals surface area contributed by atoms with E-state index in [2.05, 4.69) is 4.98 Å². The molecule has 144 valence electrons. The Bertz CT molecular complexity index is 971. The molecule has 0 radical (unpaired) electrons. The maximum absolute atomic E-state index is 12.9. The fourth-order valence-corrected chi connectivity index (χ4v) is 3.53. The summed E-state index contributed by atoms with van der Waals surface area (Å²) in [4.78, 5) is 19.2. The number of oxazole rings is 1. The number of aromatic nitrogens is 1. The lowest BCUT2D eigenvalue weighted by atomic mass is 10.1. The van der Waals surface area contributed by atoms with E-state index >= 15 is 0 Å². The predicted octanol–water partition coefficient (Wildman–Crippen LogP) is 4.45. The summed E-state index contributed by atoms with van der Waals surface area (Å²) >= 11 is 6.05. The second kappa shape index (κ2) is 8.17. The van der Waals surface area contributed by atoms with Crippen LogP contribution in [-0.4, -0.2) is 35.5 Å². The van der Waals surface area contributed by atoms with Crippen molar-refractivity contribution in [1.29, 1.82) is 0 Å². The molecule has 4 rings (SSSR count). The molecule has 2 aromatic carbocycles. The zero-order valence-electron chi connectivity index (χ0n) is 15.6. The molecule has 1 saturated heterocycles. The van der Waals surface area contributed by atoms with Crippen molar-refractivity contribution in [2.45, 2.75) is 19.4 Å². The molecule has 0 N–H and O–H groups in total. The summed E-state index contributed by atoms with van der Waals surface area (Å²) in [5.74, 6) is 1.15. The molecule has 5 nitrogen and oxygen atoms in total. The van der Waals surface area contributed by atoms with Crippen molar-refractivity contribution < 1.29 is 13.9 Å². The van der Waals surface area contributed by atoms with E-state index in [0.717, 1.165) is 11.1 Å². The highest BCUT2D eigenvalue weighted by molar-refractivity contribution is 6.30. The predicted molar refractivity (Wildman–Crippen MR) is 107 cm³/mol. The first-order valence-electron chi connectivity index (χ1n) is 9.27. The van der Waals surface area contributed by atoms with Crippen LogP contribution in [0.25, 0.3) is 11.5 Å². The molecule has 0 bridgehead atoms. The number of hydrogen-bond donors (Lipinski definition) is 0. The molecule has 1 aliphatic heterocycles. The highest BCUT2D eigenvalue weighted by Gasteiger charge is 2.26. The van der Waals surface area contributed by atoms with Crippen LogP contribution in [-0.2, 0) is 16.0 Å². The molecular formula is C22H21ClN2O3. The second-order valence-electron chi connectivity index (χ2n) is 6.82. The SMILES string of the molecule is Cc1oc(-c2cccc(Cl)c2)nc1CC(=O)N1CCOC(c2ccccc2)C1. The van der Waals surface area contributed by atoms with Crippen LogP contribution in [0.5, 0.6) is 0 Å². The highest BCUT2D eigenvalue weighted by atomic mass is 35.5. The zero-order valence-corrected chi connectivity index (χ0v) is 16.4. The third-order valence-corrected chi connectivity index (χ3v) is 5.11. The Labute approximate surface area is 168 Å². The van der Waals surface area contributed by atoms with E-state index in [4.69, 9.17) is 20.8 Å². The molecule has 0 aliphatic carbocycles. The van der Waals surface area contributed by atoms with Crippen LogP contribution in [0.3, 0.4) is 0 Å². The van der Waals surface area contributed by atoms with E-state index in [-0.39, 0.29) is 18.4 Å². The van der Waals surface area contributed by atoms with E-state index in [1.54, 1.807) is 12.1 Å². The molecule has 0 spiro atoms. The number of carbonyl (C=O) groups excluding carboxylic acids is 1. The van der Waals surface area contributed by atoms with E-state index in [0.29, 0.717) is 42.1 Å². The van der Waals surface area contributed by atoms with Crippen LogP contribution in [0.2, 0.25) is 5.02 Å². The molecule has 3 aromatic rings. The van der Waals surface area contributed by atoms with Crippen molar-refractivity contribution in [1.82, 2.24) is 9.88 Å². The van der Waals surface area contributed by atoms with Gasteiger partial charge in [-0.05, 0) is 30.7 Å². The lowest BCUT2D eigenvalue weighted by Crippen LogP contribution is -2.43. The summed E-state index contributed by atoms with van der Waals surface area (Å²) in [6, 6.07) is 17.3. The minimum Gasteiger partial charge on any atom is -0.441 e. The van der Waals surface area contributed by atoms with Crippen molar-refractivity contribution in [3.8, 4) is 11.5 Å². The number of nitrogens with zero attached hydrogens (tertiary/aromatic N) is 2. The van der Waals surface area contributed by atoms with Crippen LogP contribution >= 0.6 is 11.6 Å². The van der Waals surface area contributed by atoms with E-state index in [1.165, 1.54) is 0 Å². The van der Waals surface area contributed by atoms with E-state index in [1.807, 2.05) is 54.3 Å². The minimum atomic E-state index is -0.0978. The average Bonchev–Trinajstić information content (AvgIpc) is 3.09. The number of morpholine rings is 1. The number of ether oxygens (including phenoxy) is 1. The van der Waals surface area contributed by atoms with Crippen molar-refractivity contribution in [3.63, 3.8) is 0 Å². The maximum atomic E-state index is 12.9. The molecular weight excluding hydrogens is 376 g/mol. The van der Waals surface area contributed by atoms with Crippen LogP contribution in [0, 0.1) is 6.92 Å². The number of carbonyl (C=O) groups is 1. The molecule has 1 unspecified atom stereocenters. The molecule has 1 atom stereocenters. The molecule has 28 heavy (non-hydrogen) atoms. The smallest absolute Gasteiger partial charge is 0.228 e. The molecule has 0 saturated carbocycles. The number of benzene rings is 2. The number of amides is 1. The van der Waals surface area contributed by atoms with Crippen molar-refractivity contribution in [2.75, 3.05) is 19.7 Å². The number of rotatable bonds is 4. The van der Waals surface area contributed by atoms with Gasteiger partial charge >= 0.3 is 0 Å². The van der Waals surface area contributed by atoms with Gasteiger partial charge in [0.25, 0.3) is 0 Å². The molecule has 1 aromatic heterocycles. The normalized spacial score (nSPS) is 16.9. The Balaban J connectivity index is 1.46. The number of aryl methyl sites for hydroxylation is 1. The fraction of sp³-hybridized carbons (Fsp3) is 0.273. The van der Waals surface area contributed by atoms with Gasteiger partial charge in [0, 0.05) is 17.1 Å². The lowest BCUT2D eigenvalue weighted by Gasteiger charge is -2.33. The fourth-order valence-electron chi connectivity index (χ4n) is 3.34. The largest absolute Gasteiger partial charge is 0.441 e. The third-order valence-electron chi connectivity index (χ3n) is 4.87. The first kappa shape index (κ1) is 18.7. The lowest BCUT2D eigenvalue weighted by molar-refractivity contribution is -0.138. The van der Waals surface area contributed by atoms with Gasteiger partial charge in [-0.2, -0.15) is 0 Å². The third kappa shape index (κ3) is 4.11. The summed E-state index contributed by atoms with van der Waals surface area (Å²) in [5.41, 5.74) is 2.54. The first-order valence-corrected chi connectivity index (χ1v) is 9.64. The Morgan fingerprint density at radius 2 is 2.04 bits per heavy atom. The molecule has 1 fully saturated rings. The molecule has 1 aliphatic rings. The van der Waals surface area contributed by atoms with Gasteiger partial charge in [0.05, 0.1) is 25.3 Å². The minimum absolute atomic E-state index is 0.0262. The van der Waals surface area contributed by atoms with Crippen LogP contribution < -0.4 is 0 Å². The molecule has 6 heteroatoms.